The van der Waals surface area contributed by atoms with Gasteiger partial charge in [0.15, 0.2) is 0 Å². The Morgan fingerprint density at radius 2 is 1.64 bits per heavy atom. The van der Waals surface area contributed by atoms with Gasteiger partial charge in [-0.15, -0.1) is 5.10 Å². The van der Waals surface area contributed by atoms with Crippen molar-refractivity contribution in [1.29, 1.82) is 0 Å². The quantitative estimate of drug-likeness (QED) is 0.237. The number of alkyl halides is 3. The van der Waals surface area contributed by atoms with E-state index in [1.54, 1.807) is 63.2 Å². The molecule has 0 aliphatic rings. The fourth-order valence-corrected chi connectivity index (χ4v) is 6.26. The number of unbranched alkanes of at least 4 members (excludes halogenated alkanes) is 1. The molecule has 0 unspecified atom stereocenters. The summed E-state index contributed by atoms with van der Waals surface area (Å²) < 4.78 is 72.4. The average molecular weight is 602 g/mol. The number of nitrogen functional groups attached to an aromatic ring is 1. The third-order valence-electron chi connectivity index (χ3n) is 6.47. The van der Waals surface area contributed by atoms with Crippen LogP contribution < -0.4 is 16.1 Å². The molecule has 1 aromatic heterocycles. The lowest BCUT2D eigenvalue weighted by atomic mass is 10.0. The van der Waals surface area contributed by atoms with Crippen molar-refractivity contribution < 1.29 is 21.6 Å². The molecule has 0 amide bonds. The van der Waals surface area contributed by atoms with Crippen LogP contribution in [0.15, 0.2) is 76.4 Å². The van der Waals surface area contributed by atoms with E-state index in [1.165, 1.54) is 10.6 Å². The fourth-order valence-electron chi connectivity index (χ4n) is 4.61. The van der Waals surface area contributed by atoms with Crippen LogP contribution in [0.3, 0.4) is 0 Å². The number of aryl methyl sites for hydroxylation is 1. The Morgan fingerprint density at radius 1 is 0.976 bits per heavy atom. The molecule has 0 radical (unpaired) electrons. The predicted molar refractivity (Wildman–Crippen MR) is 157 cm³/mol. The van der Waals surface area contributed by atoms with Gasteiger partial charge in [-0.1, -0.05) is 55.8 Å². The molecule has 0 aliphatic carbocycles. The first-order valence-corrected chi connectivity index (χ1v) is 15.0. The van der Waals surface area contributed by atoms with Crippen LogP contribution in [-0.2, 0) is 29.2 Å². The van der Waals surface area contributed by atoms with Crippen LogP contribution in [0.5, 0.6) is 0 Å². The van der Waals surface area contributed by atoms with Crippen LogP contribution in [0.2, 0.25) is 0 Å². The van der Waals surface area contributed by atoms with E-state index >= 15 is 0 Å². The van der Waals surface area contributed by atoms with Crippen LogP contribution >= 0.6 is 0 Å². The highest BCUT2D eigenvalue weighted by molar-refractivity contribution is 7.89. The SMILES string of the molecule is CCCCc1nn(-c2cc(N)ccc2C(F)(F)F)c(=O)n1Cc1ccc(-c2ccccc2S(=O)(=O)NC(C)(C)C)cc1. The summed E-state index contributed by atoms with van der Waals surface area (Å²) in [5, 5.41) is 4.30. The number of sulfonamides is 1. The van der Waals surface area contributed by atoms with Crippen LogP contribution in [0.25, 0.3) is 16.8 Å². The summed E-state index contributed by atoms with van der Waals surface area (Å²) in [5.41, 5.74) is 4.87. The second-order valence-electron chi connectivity index (χ2n) is 11.1. The van der Waals surface area contributed by atoms with Crippen molar-refractivity contribution in [3.8, 4) is 16.8 Å². The van der Waals surface area contributed by atoms with E-state index in [0.29, 0.717) is 35.4 Å². The van der Waals surface area contributed by atoms with Gasteiger partial charge in [0.25, 0.3) is 0 Å². The van der Waals surface area contributed by atoms with Gasteiger partial charge >= 0.3 is 11.9 Å². The van der Waals surface area contributed by atoms with Crippen molar-refractivity contribution in [1.82, 2.24) is 19.1 Å². The first-order valence-electron chi connectivity index (χ1n) is 13.5. The van der Waals surface area contributed by atoms with Crippen molar-refractivity contribution in [2.24, 2.45) is 0 Å². The number of benzene rings is 3. The second kappa shape index (κ2) is 11.8. The maximum Gasteiger partial charge on any atom is 0.418 e. The van der Waals surface area contributed by atoms with Gasteiger partial charge in [0.1, 0.15) is 5.82 Å². The first-order chi connectivity index (χ1) is 19.6. The molecule has 224 valence electrons. The second-order valence-corrected chi connectivity index (χ2v) is 12.8. The molecule has 0 bridgehead atoms. The van der Waals surface area contributed by atoms with Gasteiger partial charge in [0.2, 0.25) is 10.0 Å². The van der Waals surface area contributed by atoms with Crippen molar-refractivity contribution in [3.63, 3.8) is 0 Å². The molecule has 0 spiro atoms. The molecule has 42 heavy (non-hydrogen) atoms. The fraction of sp³-hybridized carbons (Fsp3) is 0.333. The van der Waals surface area contributed by atoms with Crippen LogP contribution in [0.1, 0.15) is 57.5 Å². The van der Waals surface area contributed by atoms with E-state index < -0.39 is 38.7 Å². The van der Waals surface area contributed by atoms with E-state index in [4.69, 9.17) is 5.73 Å². The van der Waals surface area contributed by atoms with Crippen LogP contribution in [0, 0.1) is 0 Å². The van der Waals surface area contributed by atoms with Gasteiger partial charge in [-0.25, -0.2) is 17.9 Å². The number of rotatable bonds is 9. The minimum absolute atomic E-state index is 0.0629. The maximum absolute atomic E-state index is 13.8. The molecule has 4 aromatic rings. The zero-order valence-corrected chi connectivity index (χ0v) is 24.7. The van der Waals surface area contributed by atoms with E-state index in [1.807, 2.05) is 6.92 Å². The molecule has 0 fully saturated rings. The standard InChI is InChI=1S/C30H34F3N5O3S/c1-5-6-11-27-35-38(25-18-22(34)16-17-24(25)30(31,32)33)28(39)37(27)19-20-12-14-21(15-13-20)23-9-7-8-10-26(23)42(40,41)36-29(2,3)4/h7-10,12-18,36H,5-6,11,19,34H2,1-4H3. The van der Waals surface area contributed by atoms with Crippen LogP contribution in [0.4, 0.5) is 18.9 Å². The molecule has 3 N–H and O–H groups in total. The lowest BCUT2D eigenvalue weighted by Gasteiger charge is -2.21. The highest BCUT2D eigenvalue weighted by Crippen LogP contribution is 2.34. The van der Waals surface area contributed by atoms with Crippen molar-refractivity contribution in [2.45, 2.75) is 70.1 Å². The molecule has 0 saturated heterocycles. The van der Waals surface area contributed by atoms with E-state index in [-0.39, 0.29) is 17.1 Å². The summed E-state index contributed by atoms with van der Waals surface area (Å²) in [7, 11) is -3.81. The largest absolute Gasteiger partial charge is 0.418 e. The molecule has 0 saturated carbocycles. The van der Waals surface area contributed by atoms with Crippen LogP contribution in [-0.4, -0.2) is 28.3 Å². The lowest BCUT2D eigenvalue weighted by Crippen LogP contribution is -2.40. The normalized spacial score (nSPS) is 12.5. The zero-order chi connectivity index (χ0) is 30.9. The van der Waals surface area contributed by atoms with Gasteiger partial charge < -0.3 is 5.73 Å². The Bertz CT molecular complexity index is 1740. The van der Waals surface area contributed by atoms with E-state index in [2.05, 4.69) is 9.82 Å². The summed E-state index contributed by atoms with van der Waals surface area (Å²) in [6.45, 7) is 7.31. The summed E-state index contributed by atoms with van der Waals surface area (Å²) in [4.78, 5) is 13.6. The number of hydrogen-bond acceptors (Lipinski definition) is 5. The first kappa shape index (κ1) is 31.0. The van der Waals surface area contributed by atoms with Gasteiger partial charge in [-0.05, 0) is 62.6 Å². The summed E-state index contributed by atoms with van der Waals surface area (Å²) in [6, 6.07) is 16.7. The molecule has 1 heterocycles. The zero-order valence-electron chi connectivity index (χ0n) is 23.9. The van der Waals surface area contributed by atoms with Crippen molar-refractivity contribution in [2.75, 3.05) is 5.73 Å². The van der Waals surface area contributed by atoms with Gasteiger partial charge in [0.05, 0.1) is 22.7 Å². The topological polar surface area (TPSA) is 112 Å². The predicted octanol–water partition coefficient (Wildman–Crippen LogP) is 5.77. The molecular weight excluding hydrogens is 567 g/mol. The summed E-state index contributed by atoms with van der Waals surface area (Å²) in [6.07, 6.45) is -2.83. The molecule has 3 aromatic carbocycles. The number of nitrogens with two attached hydrogens (primary N) is 1. The number of nitrogens with zero attached hydrogens (tertiary/aromatic N) is 3. The molecule has 8 nitrogen and oxygen atoms in total. The third-order valence-corrected chi connectivity index (χ3v) is 8.29. The summed E-state index contributed by atoms with van der Waals surface area (Å²) >= 11 is 0. The highest BCUT2D eigenvalue weighted by atomic mass is 32.2. The van der Waals surface area contributed by atoms with Gasteiger partial charge in [0, 0.05) is 23.2 Å². The van der Waals surface area contributed by atoms with E-state index in [9.17, 15) is 26.4 Å². The van der Waals surface area contributed by atoms with Crippen molar-refractivity contribution in [3.05, 3.63) is 94.2 Å². The Labute approximate surface area is 243 Å². The third kappa shape index (κ3) is 6.93. The number of anilines is 1. The lowest BCUT2D eigenvalue weighted by molar-refractivity contribution is -0.137. The van der Waals surface area contributed by atoms with Gasteiger partial charge in [-0.2, -0.15) is 17.9 Å². The van der Waals surface area contributed by atoms with Crippen molar-refractivity contribution >= 4 is 15.7 Å². The minimum Gasteiger partial charge on any atom is -0.399 e. The smallest absolute Gasteiger partial charge is 0.399 e. The number of halogens is 3. The molecule has 0 aliphatic heterocycles. The highest BCUT2D eigenvalue weighted by Gasteiger charge is 2.35. The average Bonchev–Trinajstić information content (AvgIpc) is 3.20. The molecule has 4 rings (SSSR count). The molecule has 12 heteroatoms. The number of aromatic nitrogens is 3. The number of nitrogens with one attached hydrogen (secondary N) is 1. The molecular formula is C30H34F3N5O3S. The number of hydrogen-bond donors (Lipinski definition) is 2. The Balaban J connectivity index is 1.73. The summed E-state index contributed by atoms with van der Waals surface area (Å²) in [5.74, 6) is 0.353. The minimum atomic E-state index is -4.71. The Morgan fingerprint density at radius 3 is 2.26 bits per heavy atom. The Kier molecular flexibility index (Phi) is 8.70. The Hall–Kier alpha value is -3.90. The van der Waals surface area contributed by atoms with Gasteiger partial charge in [-0.3, -0.25) is 4.57 Å². The maximum atomic E-state index is 13.8. The molecule has 0 atom stereocenters. The van der Waals surface area contributed by atoms with E-state index in [0.717, 1.165) is 29.3 Å². The monoisotopic (exact) mass is 601 g/mol.